The number of nitrogens with one attached hydrogen (secondary N) is 1. The van der Waals surface area contributed by atoms with Gasteiger partial charge in [0, 0.05) is 24.8 Å². The molecule has 0 aliphatic rings. The molecule has 0 aliphatic carbocycles. The molecule has 2 N–H and O–H groups in total. The van der Waals surface area contributed by atoms with Gasteiger partial charge < -0.3 is 15.0 Å². The van der Waals surface area contributed by atoms with Gasteiger partial charge in [0.1, 0.15) is 11.8 Å². The molecule has 0 saturated heterocycles. The molecule has 1 unspecified atom stereocenters. The molecule has 1 aromatic heterocycles. The standard InChI is InChI=1S/C13H21N3O/c1-5-13(3,9-17)15-8-11-6-12(7-14)16(4)10(11)2/h6,15,17H,5,8-9H2,1-4H3. The van der Waals surface area contributed by atoms with Gasteiger partial charge in [-0.2, -0.15) is 5.26 Å². The van der Waals surface area contributed by atoms with E-state index < -0.39 is 0 Å². The van der Waals surface area contributed by atoms with Crippen LogP contribution in [0.4, 0.5) is 0 Å². The van der Waals surface area contributed by atoms with Gasteiger partial charge in [0.15, 0.2) is 0 Å². The van der Waals surface area contributed by atoms with Gasteiger partial charge in [-0.05, 0) is 31.9 Å². The Bertz CT molecular complexity index is 425. The third kappa shape index (κ3) is 2.87. The van der Waals surface area contributed by atoms with Gasteiger partial charge in [-0.25, -0.2) is 0 Å². The van der Waals surface area contributed by atoms with Gasteiger partial charge in [0.25, 0.3) is 0 Å². The van der Waals surface area contributed by atoms with Crippen molar-refractivity contribution in [1.29, 1.82) is 5.26 Å². The average Bonchev–Trinajstić information content (AvgIpc) is 2.63. The lowest BCUT2D eigenvalue weighted by Crippen LogP contribution is -2.44. The van der Waals surface area contributed by atoms with Crippen LogP contribution in [0.15, 0.2) is 6.07 Å². The zero-order valence-electron chi connectivity index (χ0n) is 11.0. The molecule has 94 valence electrons. The van der Waals surface area contributed by atoms with Crippen LogP contribution < -0.4 is 5.32 Å². The molecule has 0 bridgehead atoms. The number of rotatable bonds is 5. The summed E-state index contributed by atoms with van der Waals surface area (Å²) in [6.07, 6.45) is 0.862. The zero-order valence-corrected chi connectivity index (χ0v) is 11.0. The van der Waals surface area contributed by atoms with Crippen LogP contribution in [-0.2, 0) is 13.6 Å². The molecule has 4 nitrogen and oxygen atoms in total. The van der Waals surface area contributed by atoms with E-state index >= 15 is 0 Å². The maximum Gasteiger partial charge on any atom is 0.120 e. The first-order chi connectivity index (χ1) is 7.97. The summed E-state index contributed by atoms with van der Waals surface area (Å²) in [5.41, 5.74) is 2.61. The molecule has 0 radical (unpaired) electrons. The lowest BCUT2D eigenvalue weighted by molar-refractivity contribution is 0.169. The second-order valence-corrected chi connectivity index (χ2v) is 4.74. The highest BCUT2D eigenvalue weighted by molar-refractivity contribution is 5.34. The molecule has 0 saturated carbocycles. The quantitative estimate of drug-likeness (QED) is 0.812. The fourth-order valence-corrected chi connectivity index (χ4v) is 1.65. The molecular formula is C13H21N3O. The monoisotopic (exact) mass is 235 g/mol. The van der Waals surface area contributed by atoms with Gasteiger partial charge in [-0.15, -0.1) is 0 Å². The Balaban J connectivity index is 2.80. The van der Waals surface area contributed by atoms with Gasteiger partial charge in [0.05, 0.1) is 6.61 Å². The van der Waals surface area contributed by atoms with E-state index in [0.717, 1.165) is 17.7 Å². The molecular weight excluding hydrogens is 214 g/mol. The number of aliphatic hydroxyl groups is 1. The summed E-state index contributed by atoms with van der Waals surface area (Å²) in [5.74, 6) is 0. The summed E-state index contributed by atoms with van der Waals surface area (Å²) < 4.78 is 1.89. The minimum absolute atomic E-state index is 0.112. The predicted octanol–water partition coefficient (Wildman–Crippen LogP) is 1.46. The lowest BCUT2D eigenvalue weighted by atomic mass is 10.00. The average molecular weight is 235 g/mol. The normalized spacial score (nSPS) is 14.4. The molecule has 0 spiro atoms. The van der Waals surface area contributed by atoms with Crippen LogP contribution in [0.25, 0.3) is 0 Å². The molecule has 1 heterocycles. The van der Waals surface area contributed by atoms with E-state index in [1.54, 1.807) is 0 Å². The molecule has 0 fully saturated rings. The van der Waals surface area contributed by atoms with Crippen molar-refractivity contribution < 1.29 is 5.11 Å². The van der Waals surface area contributed by atoms with Gasteiger partial charge in [-0.3, -0.25) is 0 Å². The van der Waals surface area contributed by atoms with Crippen LogP contribution >= 0.6 is 0 Å². The Morgan fingerprint density at radius 2 is 2.24 bits per heavy atom. The highest BCUT2D eigenvalue weighted by Crippen LogP contribution is 2.15. The SMILES string of the molecule is CCC(C)(CO)NCc1cc(C#N)n(C)c1C. The maximum atomic E-state index is 9.32. The predicted molar refractivity (Wildman–Crippen MR) is 67.5 cm³/mol. The molecule has 0 aromatic carbocycles. The highest BCUT2D eigenvalue weighted by Gasteiger charge is 2.20. The Morgan fingerprint density at radius 3 is 2.65 bits per heavy atom. The second-order valence-electron chi connectivity index (χ2n) is 4.74. The van der Waals surface area contributed by atoms with Crippen molar-refractivity contribution in [2.24, 2.45) is 7.05 Å². The van der Waals surface area contributed by atoms with Gasteiger partial charge in [-0.1, -0.05) is 6.92 Å². The van der Waals surface area contributed by atoms with E-state index in [1.165, 1.54) is 0 Å². The highest BCUT2D eigenvalue weighted by atomic mass is 16.3. The van der Waals surface area contributed by atoms with Crippen LogP contribution in [0.2, 0.25) is 0 Å². The van der Waals surface area contributed by atoms with E-state index in [1.807, 2.05) is 38.5 Å². The number of aromatic nitrogens is 1. The third-order valence-electron chi connectivity index (χ3n) is 3.59. The van der Waals surface area contributed by atoms with Crippen molar-refractivity contribution in [2.75, 3.05) is 6.61 Å². The molecule has 1 atom stereocenters. The van der Waals surface area contributed by atoms with Crippen LogP contribution in [0.5, 0.6) is 0 Å². The van der Waals surface area contributed by atoms with Crippen molar-refractivity contribution in [3.63, 3.8) is 0 Å². The number of hydrogen-bond acceptors (Lipinski definition) is 3. The Labute approximate surface area is 103 Å². The first kappa shape index (κ1) is 13.8. The van der Waals surface area contributed by atoms with Crippen LogP contribution in [0.3, 0.4) is 0 Å². The maximum absolute atomic E-state index is 9.32. The fourth-order valence-electron chi connectivity index (χ4n) is 1.65. The molecule has 0 aliphatic heterocycles. The number of aliphatic hydroxyl groups excluding tert-OH is 1. The molecule has 0 amide bonds. The van der Waals surface area contributed by atoms with Crippen molar-refractivity contribution in [1.82, 2.24) is 9.88 Å². The van der Waals surface area contributed by atoms with Crippen molar-refractivity contribution in [3.8, 4) is 6.07 Å². The van der Waals surface area contributed by atoms with Gasteiger partial charge >= 0.3 is 0 Å². The number of nitriles is 1. The number of nitrogens with zero attached hydrogens (tertiary/aromatic N) is 2. The summed E-state index contributed by atoms with van der Waals surface area (Å²) in [6, 6.07) is 4.07. The van der Waals surface area contributed by atoms with E-state index in [2.05, 4.69) is 11.4 Å². The van der Waals surface area contributed by atoms with Crippen molar-refractivity contribution in [3.05, 3.63) is 23.0 Å². The topological polar surface area (TPSA) is 61.0 Å². The van der Waals surface area contributed by atoms with Gasteiger partial charge in [0.2, 0.25) is 0 Å². The first-order valence-corrected chi connectivity index (χ1v) is 5.88. The van der Waals surface area contributed by atoms with E-state index in [4.69, 9.17) is 5.26 Å². The van der Waals surface area contributed by atoms with Crippen molar-refractivity contribution >= 4 is 0 Å². The smallest absolute Gasteiger partial charge is 0.120 e. The summed E-state index contributed by atoms with van der Waals surface area (Å²) >= 11 is 0. The Morgan fingerprint density at radius 1 is 1.59 bits per heavy atom. The van der Waals surface area contributed by atoms with Crippen LogP contribution in [0, 0.1) is 18.3 Å². The molecule has 1 rings (SSSR count). The number of hydrogen-bond donors (Lipinski definition) is 2. The minimum Gasteiger partial charge on any atom is -0.394 e. The summed E-state index contributed by atoms with van der Waals surface area (Å²) in [7, 11) is 1.89. The summed E-state index contributed by atoms with van der Waals surface area (Å²) in [4.78, 5) is 0. The van der Waals surface area contributed by atoms with Crippen LogP contribution in [-0.4, -0.2) is 21.8 Å². The fraction of sp³-hybridized carbons (Fsp3) is 0.615. The molecule has 1 aromatic rings. The Hall–Kier alpha value is -1.31. The third-order valence-corrected chi connectivity index (χ3v) is 3.59. The zero-order chi connectivity index (χ0) is 13.1. The van der Waals surface area contributed by atoms with E-state index in [9.17, 15) is 5.11 Å². The Kier molecular flexibility index (Phi) is 4.33. The van der Waals surface area contributed by atoms with Crippen LogP contribution in [0.1, 0.15) is 37.2 Å². The second kappa shape index (κ2) is 5.35. The molecule has 4 heteroatoms. The van der Waals surface area contributed by atoms with Crippen molar-refractivity contribution in [2.45, 2.75) is 39.3 Å². The summed E-state index contributed by atoms with van der Waals surface area (Å²) in [6.45, 7) is 6.82. The first-order valence-electron chi connectivity index (χ1n) is 5.88. The summed E-state index contributed by atoms with van der Waals surface area (Å²) in [5, 5.41) is 21.6. The molecule has 17 heavy (non-hydrogen) atoms. The lowest BCUT2D eigenvalue weighted by Gasteiger charge is -2.27. The van der Waals surface area contributed by atoms with E-state index in [-0.39, 0.29) is 12.1 Å². The van der Waals surface area contributed by atoms with E-state index in [0.29, 0.717) is 12.2 Å². The minimum atomic E-state index is -0.255. The largest absolute Gasteiger partial charge is 0.394 e.